The van der Waals surface area contributed by atoms with Gasteiger partial charge in [-0.25, -0.2) is 8.57 Å². The van der Waals surface area contributed by atoms with Crippen LogP contribution in [-0.4, -0.2) is 11.3 Å². The lowest BCUT2D eigenvalue weighted by Gasteiger charge is -1.97. The highest BCUT2D eigenvalue weighted by atomic mass is 35.7. The molecule has 1 atom stereocenters. The van der Waals surface area contributed by atoms with Gasteiger partial charge in [-0.15, -0.1) is 0 Å². The first-order valence-electron chi connectivity index (χ1n) is 3.07. The van der Waals surface area contributed by atoms with Gasteiger partial charge in [-0.3, -0.25) is 0 Å². The van der Waals surface area contributed by atoms with Crippen LogP contribution in [0.1, 0.15) is 0 Å². The molecule has 11 heavy (non-hydrogen) atoms. The maximum absolute atomic E-state index is 11.4. The molecule has 0 bridgehead atoms. The third-order valence-corrected chi connectivity index (χ3v) is 3.54. The lowest BCUT2D eigenvalue weighted by atomic mass is 10.4. The van der Waals surface area contributed by atoms with E-state index in [9.17, 15) is 4.21 Å². The first kappa shape index (κ1) is 8.56. The zero-order valence-electron chi connectivity index (χ0n) is 6.03. The highest BCUT2D eigenvalue weighted by Crippen LogP contribution is 2.15. The fraction of sp³-hybridized carbons (Fsp3) is 0.143. The molecule has 0 N–H and O–H groups in total. The zero-order chi connectivity index (χ0) is 8.32. The molecule has 0 spiro atoms. The predicted octanol–water partition coefficient (Wildman–Crippen LogP) is 2.30. The molecule has 0 radical (unpaired) electrons. The van der Waals surface area contributed by atoms with Crippen molar-refractivity contribution in [3.63, 3.8) is 0 Å². The number of halogens is 1. The first-order valence-corrected chi connectivity index (χ1v) is 5.41. The highest BCUT2D eigenvalue weighted by Gasteiger charge is 2.04. The van der Waals surface area contributed by atoms with Gasteiger partial charge in [-0.05, 0) is 12.1 Å². The van der Waals surface area contributed by atoms with Crippen molar-refractivity contribution in [1.29, 1.82) is 0 Å². The van der Waals surface area contributed by atoms with Gasteiger partial charge in [-0.2, -0.15) is 0 Å². The molecule has 60 valence electrons. The third kappa shape index (κ3) is 1.94. The molecule has 1 aromatic carbocycles. The fourth-order valence-electron chi connectivity index (χ4n) is 0.694. The van der Waals surface area contributed by atoms with E-state index in [4.69, 9.17) is 10.7 Å². The van der Waals surface area contributed by atoms with Gasteiger partial charge < -0.3 is 0 Å². The zero-order valence-corrected chi connectivity index (χ0v) is 7.60. The molecule has 0 saturated heterocycles. The molecule has 0 heterocycles. The molecule has 4 heteroatoms. The molecule has 2 nitrogen and oxygen atoms in total. The van der Waals surface area contributed by atoms with E-state index in [2.05, 4.69) is 4.36 Å². The lowest BCUT2D eigenvalue weighted by Crippen LogP contribution is -1.88. The van der Waals surface area contributed by atoms with E-state index in [1.807, 2.05) is 6.07 Å². The van der Waals surface area contributed by atoms with Crippen molar-refractivity contribution in [2.75, 3.05) is 7.05 Å². The summed E-state index contributed by atoms with van der Waals surface area (Å²) in [5.41, 5.74) is 0. The Balaban J connectivity index is 3.25. The summed E-state index contributed by atoms with van der Waals surface area (Å²) in [5, 5.41) is 0. The van der Waals surface area contributed by atoms with Crippen molar-refractivity contribution in [2.24, 2.45) is 4.36 Å². The van der Waals surface area contributed by atoms with Gasteiger partial charge in [0.1, 0.15) is 0 Å². The van der Waals surface area contributed by atoms with Crippen molar-refractivity contribution in [3.8, 4) is 0 Å². The van der Waals surface area contributed by atoms with E-state index in [-0.39, 0.29) is 0 Å². The van der Waals surface area contributed by atoms with Crippen LogP contribution in [0.3, 0.4) is 0 Å². The van der Waals surface area contributed by atoms with Crippen LogP contribution in [0, 0.1) is 0 Å². The quantitative estimate of drug-likeness (QED) is 0.624. The van der Waals surface area contributed by atoms with Gasteiger partial charge >= 0.3 is 0 Å². The molecule has 0 aliphatic carbocycles. The van der Waals surface area contributed by atoms with Crippen LogP contribution in [-0.2, 0) is 8.94 Å². The average Bonchev–Trinajstić information content (AvgIpc) is 2.06. The average molecular weight is 190 g/mol. The molecular formula is C7H8ClNOS. The van der Waals surface area contributed by atoms with Gasteiger partial charge in [0.15, 0.2) is 8.94 Å². The van der Waals surface area contributed by atoms with Crippen LogP contribution in [0.2, 0.25) is 0 Å². The van der Waals surface area contributed by atoms with Crippen molar-refractivity contribution < 1.29 is 4.21 Å². The number of benzene rings is 1. The monoisotopic (exact) mass is 189 g/mol. The van der Waals surface area contributed by atoms with Crippen LogP contribution in [0.15, 0.2) is 39.6 Å². The van der Waals surface area contributed by atoms with Gasteiger partial charge in [0.2, 0.25) is 0 Å². The van der Waals surface area contributed by atoms with Gasteiger partial charge in [0.05, 0.1) is 4.90 Å². The van der Waals surface area contributed by atoms with Crippen molar-refractivity contribution in [3.05, 3.63) is 30.3 Å². The second-order valence-corrected chi connectivity index (χ2v) is 4.96. The number of hydrogen-bond acceptors (Lipinski definition) is 2. The summed E-state index contributed by atoms with van der Waals surface area (Å²) in [5.74, 6) is 0. The van der Waals surface area contributed by atoms with Crippen LogP contribution in [0.25, 0.3) is 0 Å². The summed E-state index contributed by atoms with van der Waals surface area (Å²) >= 11 is 0. The third-order valence-electron chi connectivity index (χ3n) is 1.27. The minimum absolute atomic E-state index is 0.559. The van der Waals surface area contributed by atoms with Crippen molar-refractivity contribution >= 4 is 19.6 Å². The Kier molecular flexibility index (Phi) is 2.52. The predicted molar refractivity (Wildman–Crippen MR) is 47.1 cm³/mol. The summed E-state index contributed by atoms with van der Waals surface area (Å²) in [6.07, 6.45) is 0. The summed E-state index contributed by atoms with van der Waals surface area (Å²) in [7, 11) is 4.40. The van der Waals surface area contributed by atoms with E-state index < -0.39 is 8.94 Å². The minimum Gasteiger partial charge on any atom is -0.228 e. The second-order valence-electron chi connectivity index (χ2n) is 1.95. The van der Waals surface area contributed by atoms with Gasteiger partial charge in [0.25, 0.3) is 0 Å². The first-order chi connectivity index (χ1) is 5.17. The molecule has 0 aliphatic rings. The molecule has 0 aliphatic heterocycles. The van der Waals surface area contributed by atoms with Crippen molar-refractivity contribution in [2.45, 2.75) is 4.90 Å². The van der Waals surface area contributed by atoms with E-state index in [0.29, 0.717) is 4.90 Å². The second kappa shape index (κ2) is 3.24. The molecule has 0 aromatic heterocycles. The van der Waals surface area contributed by atoms with E-state index in [1.165, 1.54) is 7.05 Å². The Morgan fingerprint density at radius 1 is 1.36 bits per heavy atom. The molecule has 0 saturated carbocycles. The topological polar surface area (TPSA) is 29.4 Å². The number of hydrogen-bond donors (Lipinski definition) is 0. The van der Waals surface area contributed by atoms with Crippen molar-refractivity contribution in [1.82, 2.24) is 0 Å². The molecule has 1 aromatic rings. The Hall–Kier alpha value is -0.540. The van der Waals surface area contributed by atoms with Gasteiger partial charge in [0, 0.05) is 17.7 Å². The SMILES string of the molecule is CN=S(=O)(Cl)c1ccccc1. The molecule has 0 fully saturated rings. The van der Waals surface area contributed by atoms with Crippen LogP contribution >= 0.6 is 10.7 Å². The van der Waals surface area contributed by atoms with Gasteiger partial charge in [-0.1, -0.05) is 18.2 Å². The molecule has 1 unspecified atom stereocenters. The summed E-state index contributed by atoms with van der Waals surface area (Å²) < 4.78 is 14.9. The van der Waals surface area contributed by atoms with Crippen LogP contribution in [0.4, 0.5) is 0 Å². The molecule has 1 rings (SSSR count). The minimum atomic E-state index is -2.65. The molecule has 0 amide bonds. The Morgan fingerprint density at radius 3 is 2.36 bits per heavy atom. The highest BCUT2D eigenvalue weighted by molar-refractivity contribution is 8.15. The van der Waals surface area contributed by atoms with E-state index in [0.717, 1.165) is 0 Å². The largest absolute Gasteiger partial charge is 0.228 e. The Bertz CT molecular complexity index is 341. The maximum atomic E-state index is 11.4. The Morgan fingerprint density at radius 2 is 1.91 bits per heavy atom. The summed E-state index contributed by atoms with van der Waals surface area (Å²) in [4.78, 5) is 0.559. The smallest absolute Gasteiger partial charge is 0.158 e. The van der Waals surface area contributed by atoms with E-state index >= 15 is 0 Å². The molecular weight excluding hydrogens is 182 g/mol. The Labute approximate surface area is 70.9 Å². The standard InChI is InChI=1S/C7H8ClNOS/c1-9-11(8,10)7-5-3-2-4-6-7/h2-6H,1H3. The lowest BCUT2D eigenvalue weighted by molar-refractivity contribution is 0.685. The van der Waals surface area contributed by atoms with E-state index in [1.54, 1.807) is 24.3 Å². The fourth-order valence-corrected chi connectivity index (χ4v) is 1.71. The number of nitrogens with zero attached hydrogens (tertiary/aromatic N) is 1. The van der Waals surface area contributed by atoms with Crippen LogP contribution in [0.5, 0.6) is 0 Å². The maximum Gasteiger partial charge on any atom is 0.158 e. The number of rotatable bonds is 1. The normalized spacial score (nSPS) is 15.5. The summed E-state index contributed by atoms with van der Waals surface area (Å²) in [6.45, 7) is 0. The van der Waals surface area contributed by atoms with Crippen LogP contribution < -0.4 is 0 Å². The summed E-state index contributed by atoms with van der Waals surface area (Å²) in [6, 6.07) is 8.79.